The molecule has 4 rings (SSSR count). The Kier molecular flexibility index (Phi) is 6.70. The summed E-state index contributed by atoms with van der Waals surface area (Å²) in [5.74, 6) is -2.29. The number of nitrogens with one attached hydrogen (secondary N) is 1. The minimum Gasteiger partial charge on any atom is -0.497 e. The van der Waals surface area contributed by atoms with E-state index in [1.165, 1.54) is 4.90 Å². The zero-order chi connectivity index (χ0) is 23.9. The first kappa shape index (κ1) is 24.0. The smallest absolute Gasteiger partial charge is 0.312 e. The van der Waals surface area contributed by atoms with Crippen molar-refractivity contribution in [1.82, 2.24) is 4.90 Å². The molecule has 0 aliphatic carbocycles. The number of halogens is 1. The molecule has 2 amide bonds. The SMILES string of the molecule is CCOC(=O)[C@@H]1[C@H]2O[C@@]3(CC2Br)[C@H](C(=O)Nc2ccc(OC)cc2)N([C@@H](CC)CO)C(=O)[C@@H]13. The number of methoxy groups -OCH3 is 1. The number of amides is 2. The number of fused-ring (bicyclic) bond motifs is 1. The van der Waals surface area contributed by atoms with Crippen molar-refractivity contribution in [3.8, 4) is 5.75 Å². The van der Waals surface area contributed by atoms with Crippen LogP contribution in [0.15, 0.2) is 24.3 Å². The molecule has 1 spiro atoms. The predicted octanol–water partition coefficient (Wildman–Crippen LogP) is 1.72. The molecule has 3 aliphatic rings. The minimum atomic E-state index is -1.19. The quantitative estimate of drug-likeness (QED) is 0.393. The molecule has 3 fully saturated rings. The van der Waals surface area contributed by atoms with Crippen LogP contribution in [0.3, 0.4) is 0 Å². The topological polar surface area (TPSA) is 114 Å². The lowest BCUT2D eigenvalue weighted by Crippen LogP contribution is -2.56. The van der Waals surface area contributed by atoms with E-state index in [2.05, 4.69) is 21.2 Å². The van der Waals surface area contributed by atoms with Crippen molar-refractivity contribution >= 4 is 39.4 Å². The predicted molar refractivity (Wildman–Crippen MR) is 122 cm³/mol. The number of aliphatic hydroxyl groups is 1. The van der Waals surface area contributed by atoms with Gasteiger partial charge in [-0.25, -0.2) is 0 Å². The maximum absolute atomic E-state index is 13.7. The summed E-state index contributed by atoms with van der Waals surface area (Å²) in [6.07, 6.45) is 0.275. The maximum Gasteiger partial charge on any atom is 0.312 e. The number of hydrogen-bond donors (Lipinski definition) is 2. The van der Waals surface area contributed by atoms with Crippen molar-refractivity contribution in [2.45, 2.75) is 55.3 Å². The van der Waals surface area contributed by atoms with Crippen LogP contribution in [0.2, 0.25) is 0 Å². The Hall–Kier alpha value is -2.17. The first-order valence-electron chi connectivity index (χ1n) is 11.2. The summed E-state index contributed by atoms with van der Waals surface area (Å²) in [5, 5.41) is 12.9. The number of carbonyl (C=O) groups is 3. The molecule has 180 valence electrons. The van der Waals surface area contributed by atoms with Gasteiger partial charge in [0.15, 0.2) is 0 Å². The van der Waals surface area contributed by atoms with Crippen LogP contribution in [0.4, 0.5) is 5.69 Å². The first-order chi connectivity index (χ1) is 15.8. The summed E-state index contributed by atoms with van der Waals surface area (Å²) in [5.41, 5.74) is -0.651. The van der Waals surface area contributed by atoms with E-state index in [9.17, 15) is 19.5 Å². The van der Waals surface area contributed by atoms with Crippen molar-refractivity contribution in [2.75, 3.05) is 25.6 Å². The number of likely N-dealkylation sites (tertiary alicyclic amines) is 1. The molecule has 2 N–H and O–H groups in total. The normalized spacial score (nSPS) is 33.1. The van der Waals surface area contributed by atoms with Gasteiger partial charge >= 0.3 is 5.97 Å². The number of ether oxygens (including phenoxy) is 3. The van der Waals surface area contributed by atoms with Crippen LogP contribution >= 0.6 is 15.9 Å². The first-order valence-corrected chi connectivity index (χ1v) is 12.1. The van der Waals surface area contributed by atoms with Gasteiger partial charge in [-0.05, 0) is 44.0 Å². The van der Waals surface area contributed by atoms with Gasteiger partial charge in [0, 0.05) is 10.5 Å². The van der Waals surface area contributed by atoms with Gasteiger partial charge in [-0.3, -0.25) is 14.4 Å². The second kappa shape index (κ2) is 9.23. The van der Waals surface area contributed by atoms with Gasteiger partial charge < -0.3 is 29.5 Å². The van der Waals surface area contributed by atoms with E-state index < -0.39 is 47.5 Å². The molecule has 9 nitrogen and oxygen atoms in total. The van der Waals surface area contributed by atoms with Crippen LogP contribution in [-0.2, 0) is 23.9 Å². The Morgan fingerprint density at radius 2 is 2.03 bits per heavy atom. The highest BCUT2D eigenvalue weighted by Crippen LogP contribution is 2.60. The van der Waals surface area contributed by atoms with Crippen LogP contribution in [0.25, 0.3) is 0 Å². The molecule has 7 atom stereocenters. The van der Waals surface area contributed by atoms with Crippen LogP contribution in [0, 0.1) is 11.8 Å². The van der Waals surface area contributed by atoms with Gasteiger partial charge in [-0.2, -0.15) is 0 Å². The molecule has 10 heteroatoms. The molecule has 3 saturated heterocycles. The van der Waals surface area contributed by atoms with Crippen molar-refractivity contribution in [1.29, 1.82) is 0 Å². The summed E-state index contributed by atoms with van der Waals surface area (Å²) in [4.78, 5) is 41.5. The second-order valence-corrected chi connectivity index (χ2v) is 9.80. The number of benzene rings is 1. The van der Waals surface area contributed by atoms with Gasteiger partial charge in [-0.15, -0.1) is 0 Å². The van der Waals surface area contributed by atoms with E-state index in [-0.39, 0.29) is 23.9 Å². The summed E-state index contributed by atoms with van der Waals surface area (Å²) in [6, 6.07) is 5.28. The molecular formula is C23H29BrN2O7. The van der Waals surface area contributed by atoms with E-state index in [0.29, 0.717) is 24.3 Å². The lowest BCUT2D eigenvalue weighted by atomic mass is 9.70. The number of carbonyl (C=O) groups excluding carboxylic acids is 3. The molecule has 2 bridgehead atoms. The fourth-order valence-electron chi connectivity index (χ4n) is 5.57. The van der Waals surface area contributed by atoms with E-state index in [1.807, 2.05) is 6.92 Å². The summed E-state index contributed by atoms with van der Waals surface area (Å²) < 4.78 is 16.8. The fourth-order valence-corrected chi connectivity index (χ4v) is 6.51. The number of anilines is 1. The fraction of sp³-hybridized carbons (Fsp3) is 0.609. The maximum atomic E-state index is 13.7. The lowest BCUT2D eigenvalue weighted by molar-refractivity contribution is -0.155. The van der Waals surface area contributed by atoms with E-state index in [0.717, 1.165) is 0 Å². The zero-order valence-corrected chi connectivity index (χ0v) is 20.4. The van der Waals surface area contributed by atoms with Crippen LogP contribution in [0.5, 0.6) is 5.75 Å². The molecule has 1 aromatic carbocycles. The Morgan fingerprint density at radius 1 is 1.33 bits per heavy atom. The van der Waals surface area contributed by atoms with Crippen molar-refractivity contribution in [2.24, 2.45) is 11.8 Å². The number of esters is 1. The lowest BCUT2D eigenvalue weighted by Gasteiger charge is -2.36. The standard InChI is InChI=1S/C23H29BrN2O7/c1-4-13(11-27)26-19(20(28)25-12-6-8-14(31-3)9-7-12)23-10-15(24)18(33-23)16(17(23)21(26)29)22(30)32-5-2/h6-9,13,15-19,27H,4-5,10-11H2,1-3H3,(H,25,28)/t13-,15?,16-,17+,18-,19-,23+/m0/s1. The summed E-state index contributed by atoms with van der Waals surface area (Å²) >= 11 is 3.60. The Bertz CT molecular complexity index is 922. The number of rotatable bonds is 8. The van der Waals surface area contributed by atoms with Gasteiger partial charge in [0.05, 0.1) is 44.3 Å². The number of hydrogen-bond acceptors (Lipinski definition) is 7. The third-order valence-corrected chi connectivity index (χ3v) is 7.81. The van der Waals surface area contributed by atoms with Gasteiger partial charge in [0.2, 0.25) is 11.8 Å². The highest BCUT2D eigenvalue weighted by Gasteiger charge is 2.77. The number of alkyl halides is 1. The third-order valence-electron chi connectivity index (χ3n) is 6.97. The highest BCUT2D eigenvalue weighted by atomic mass is 79.9. The van der Waals surface area contributed by atoms with Gasteiger partial charge in [0.1, 0.15) is 17.4 Å². The van der Waals surface area contributed by atoms with Crippen molar-refractivity contribution in [3.05, 3.63) is 24.3 Å². The van der Waals surface area contributed by atoms with Crippen LogP contribution in [0.1, 0.15) is 26.7 Å². The number of aliphatic hydroxyl groups excluding tert-OH is 1. The second-order valence-electron chi connectivity index (χ2n) is 8.62. The molecule has 3 heterocycles. The van der Waals surface area contributed by atoms with Crippen LogP contribution in [-0.4, -0.2) is 76.7 Å². The Morgan fingerprint density at radius 3 is 2.61 bits per heavy atom. The minimum absolute atomic E-state index is 0.183. The Labute approximate surface area is 200 Å². The number of nitrogens with zero attached hydrogens (tertiary/aromatic N) is 1. The van der Waals surface area contributed by atoms with Crippen molar-refractivity contribution in [3.63, 3.8) is 0 Å². The average Bonchev–Trinajstić information content (AvgIpc) is 3.39. The highest BCUT2D eigenvalue weighted by molar-refractivity contribution is 9.09. The molecule has 1 unspecified atom stereocenters. The summed E-state index contributed by atoms with van der Waals surface area (Å²) in [7, 11) is 1.55. The zero-order valence-electron chi connectivity index (χ0n) is 18.8. The van der Waals surface area contributed by atoms with Crippen LogP contribution < -0.4 is 10.1 Å². The van der Waals surface area contributed by atoms with E-state index >= 15 is 0 Å². The van der Waals surface area contributed by atoms with E-state index in [4.69, 9.17) is 14.2 Å². The monoisotopic (exact) mass is 524 g/mol. The molecule has 0 radical (unpaired) electrons. The van der Waals surface area contributed by atoms with Gasteiger partial charge in [0.25, 0.3) is 0 Å². The Balaban J connectivity index is 1.73. The molecule has 3 aliphatic heterocycles. The van der Waals surface area contributed by atoms with E-state index in [1.54, 1.807) is 38.3 Å². The third kappa shape index (κ3) is 3.72. The van der Waals surface area contributed by atoms with Gasteiger partial charge in [-0.1, -0.05) is 22.9 Å². The molecular weight excluding hydrogens is 496 g/mol. The average molecular weight is 525 g/mol. The summed E-state index contributed by atoms with van der Waals surface area (Å²) in [6.45, 7) is 3.43. The molecule has 33 heavy (non-hydrogen) atoms. The largest absolute Gasteiger partial charge is 0.497 e. The molecule has 0 aromatic heterocycles. The molecule has 1 aromatic rings. The molecule has 0 saturated carbocycles. The van der Waals surface area contributed by atoms with Crippen molar-refractivity contribution < 1.29 is 33.7 Å².